The molecule has 102 valence electrons. The van der Waals surface area contributed by atoms with Gasteiger partial charge in [-0.3, -0.25) is 0 Å². The van der Waals surface area contributed by atoms with Gasteiger partial charge in [0.15, 0.2) is 5.65 Å². The van der Waals surface area contributed by atoms with Crippen LogP contribution in [0.3, 0.4) is 0 Å². The van der Waals surface area contributed by atoms with Crippen LogP contribution in [0.25, 0.3) is 5.65 Å². The molecule has 0 aliphatic rings. The second kappa shape index (κ2) is 5.64. The van der Waals surface area contributed by atoms with Crippen molar-refractivity contribution in [3.05, 3.63) is 18.0 Å². The Labute approximate surface area is 110 Å². The molecular formula is C12H17N5O2. The highest BCUT2D eigenvalue weighted by Crippen LogP contribution is 2.10. The number of anilines is 1. The van der Waals surface area contributed by atoms with Crippen LogP contribution in [-0.4, -0.2) is 36.9 Å². The van der Waals surface area contributed by atoms with Gasteiger partial charge in [-0.2, -0.15) is 0 Å². The Morgan fingerprint density at radius 2 is 2.26 bits per heavy atom. The van der Waals surface area contributed by atoms with E-state index in [1.807, 2.05) is 6.92 Å². The lowest BCUT2D eigenvalue weighted by molar-refractivity contribution is -0.138. The third-order valence-corrected chi connectivity index (χ3v) is 2.78. The fourth-order valence-electron chi connectivity index (χ4n) is 1.81. The summed E-state index contributed by atoms with van der Waals surface area (Å²) in [6.07, 6.45) is 2.39. The Bertz CT molecular complexity index is 581. The number of aryl methyl sites for hydroxylation is 1. The molecule has 7 nitrogen and oxygen atoms in total. The van der Waals surface area contributed by atoms with Gasteiger partial charge in [0.05, 0.1) is 0 Å². The summed E-state index contributed by atoms with van der Waals surface area (Å²) in [7, 11) is 0. The molecule has 2 aromatic heterocycles. The van der Waals surface area contributed by atoms with E-state index in [1.54, 1.807) is 19.1 Å². The number of aromatic nitrogens is 4. The van der Waals surface area contributed by atoms with Crippen molar-refractivity contribution in [3.8, 4) is 0 Å². The summed E-state index contributed by atoms with van der Waals surface area (Å²) >= 11 is 0. The number of nitrogens with one attached hydrogen (secondary N) is 1. The summed E-state index contributed by atoms with van der Waals surface area (Å²) in [5.41, 5.74) is 0.642. The van der Waals surface area contributed by atoms with Crippen LogP contribution in [0, 0.1) is 6.92 Å². The minimum absolute atomic E-state index is 0.487. The van der Waals surface area contributed by atoms with Crippen molar-refractivity contribution < 1.29 is 9.90 Å². The largest absolute Gasteiger partial charge is 0.480 e. The third kappa shape index (κ3) is 3.18. The smallest absolute Gasteiger partial charge is 0.326 e. The number of carboxylic acids is 1. The Morgan fingerprint density at radius 3 is 2.95 bits per heavy atom. The zero-order valence-electron chi connectivity index (χ0n) is 11.0. The minimum atomic E-state index is -0.870. The van der Waals surface area contributed by atoms with Gasteiger partial charge in [-0.1, -0.05) is 19.8 Å². The maximum Gasteiger partial charge on any atom is 0.326 e. The summed E-state index contributed by atoms with van der Waals surface area (Å²) in [6, 6.07) is 2.84. The van der Waals surface area contributed by atoms with Crippen LogP contribution in [0.15, 0.2) is 12.1 Å². The molecule has 19 heavy (non-hydrogen) atoms. The Kier molecular flexibility index (Phi) is 3.94. The second-order valence-electron chi connectivity index (χ2n) is 4.40. The molecule has 0 fully saturated rings. The molecule has 2 aromatic rings. The van der Waals surface area contributed by atoms with E-state index in [0.29, 0.717) is 23.7 Å². The van der Waals surface area contributed by atoms with Crippen LogP contribution < -0.4 is 5.32 Å². The zero-order chi connectivity index (χ0) is 13.8. The fraction of sp³-hybridized carbons (Fsp3) is 0.500. The molecule has 0 aromatic carbocycles. The van der Waals surface area contributed by atoms with Gasteiger partial charge in [0.25, 0.3) is 0 Å². The van der Waals surface area contributed by atoms with Gasteiger partial charge in [-0.15, -0.1) is 14.8 Å². The van der Waals surface area contributed by atoms with Crippen LogP contribution in [0.1, 0.15) is 32.0 Å². The molecule has 0 unspecified atom stereocenters. The van der Waals surface area contributed by atoms with Crippen LogP contribution in [0.4, 0.5) is 5.82 Å². The summed E-state index contributed by atoms with van der Waals surface area (Å²) in [4.78, 5) is 15.3. The van der Waals surface area contributed by atoms with Crippen molar-refractivity contribution in [2.24, 2.45) is 0 Å². The third-order valence-electron chi connectivity index (χ3n) is 2.78. The molecule has 0 saturated carbocycles. The van der Waals surface area contributed by atoms with E-state index in [0.717, 1.165) is 12.8 Å². The number of unbranched alkanes of at least 4 members (excludes halogenated alkanes) is 1. The van der Waals surface area contributed by atoms with Gasteiger partial charge < -0.3 is 10.4 Å². The molecule has 0 amide bonds. The van der Waals surface area contributed by atoms with Crippen molar-refractivity contribution in [1.29, 1.82) is 0 Å². The number of rotatable bonds is 6. The summed E-state index contributed by atoms with van der Waals surface area (Å²) in [5.74, 6) is 0.247. The van der Waals surface area contributed by atoms with E-state index < -0.39 is 12.0 Å². The first-order valence-corrected chi connectivity index (χ1v) is 6.30. The van der Waals surface area contributed by atoms with E-state index in [2.05, 4.69) is 20.5 Å². The number of aliphatic carboxylic acids is 1. The number of nitrogens with zero attached hydrogens (tertiary/aromatic N) is 4. The fourth-order valence-corrected chi connectivity index (χ4v) is 1.81. The zero-order valence-corrected chi connectivity index (χ0v) is 11.0. The van der Waals surface area contributed by atoms with E-state index in [4.69, 9.17) is 5.11 Å². The topological polar surface area (TPSA) is 92.4 Å². The molecule has 0 saturated heterocycles. The maximum atomic E-state index is 11.2. The average molecular weight is 263 g/mol. The maximum absolute atomic E-state index is 11.2. The van der Waals surface area contributed by atoms with Gasteiger partial charge >= 0.3 is 5.97 Å². The molecule has 1 atom stereocenters. The molecule has 2 rings (SSSR count). The molecular weight excluding hydrogens is 246 g/mol. The van der Waals surface area contributed by atoms with Gasteiger partial charge in [0.2, 0.25) is 0 Å². The molecule has 7 heteroatoms. The van der Waals surface area contributed by atoms with Crippen LogP contribution in [0.5, 0.6) is 0 Å². The molecule has 0 spiro atoms. The Balaban J connectivity index is 2.15. The summed E-state index contributed by atoms with van der Waals surface area (Å²) in [6.45, 7) is 3.81. The molecule has 0 aliphatic heterocycles. The number of hydrogen-bond acceptors (Lipinski definition) is 5. The highest BCUT2D eigenvalue weighted by Gasteiger charge is 2.17. The number of carbonyl (C=O) groups is 1. The van der Waals surface area contributed by atoms with Crippen molar-refractivity contribution in [3.63, 3.8) is 0 Å². The molecule has 0 radical (unpaired) electrons. The van der Waals surface area contributed by atoms with E-state index >= 15 is 0 Å². The average Bonchev–Trinajstić information content (AvgIpc) is 2.73. The highest BCUT2D eigenvalue weighted by molar-refractivity contribution is 5.76. The first-order valence-electron chi connectivity index (χ1n) is 6.30. The number of hydrogen-bond donors (Lipinski definition) is 2. The SMILES string of the molecule is CCCC[C@H](Nc1ccc2nc(C)nn2n1)C(=O)O. The first kappa shape index (κ1) is 13.3. The molecule has 2 N–H and O–H groups in total. The summed E-state index contributed by atoms with van der Waals surface area (Å²) in [5, 5.41) is 20.4. The minimum Gasteiger partial charge on any atom is -0.480 e. The predicted molar refractivity (Wildman–Crippen MR) is 70.1 cm³/mol. The molecule has 0 bridgehead atoms. The van der Waals surface area contributed by atoms with Crippen LogP contribution >= 0.6 is 0 Å². The van der Waals surface area contributed by atoms with Crippen molar-refractivity contribution >= 4 is 17.4 Å². The highest BCUT2D eigenvalue weighted by atomic mass is 16.4. The summed E-state index contributed by atoms with van der Waals surface area (Å²) < 4.78 is 1.40. The number of carboxylic acid groups (broad SMARTS) is 1. The first-order chi connectivity index (χ1) is 9.10. The normalized spacial score (nSPS) is 12.5. The standard InChI is InChI=1S/C12H17N5O2/c1-3-4-5-9(12(18)19)14-10-6-7-11-13-8(2)15-17(11)16-10/h6-7,9H,3-5H2,1-2H3,(H,14,16)(H,18,19)/t9-/m0/s1. The van der Waals surface area contributed by atoms with Gasteiger partial charge in [-0.05, 0) is 25.5 Å². The van der Waals surface area contributed by atoms with Crippen molar-refractivity contribution in [1.82, 2.24) is 19.8 Å². The van der Waals surface area contributed by atoms with Gasteiger partial charge in [0.1, 0.15) is 17.7 Å². The lowest BCUT2D eigenvalue weighted by Crippen LogP contribution is -2.29. The predicted octanol–water partition coefficient (Wildman–Crippen LogP) is 1.49. The Morgan fingerprint density at radius 1 is 1.47 bits per heavy atom. The van der Waals surface area contributed by atoms with E-state index in [9.17, 15) is 4.79 Å². The van der Waals surface area contributed by atoms with Gasteiger partial charge in [0, 0.05) is 0 Å². The molecule has 2 heterocycles. The Hall–Kier alpha value is -2.18. The molecule has 0 aliphatic carbocycles. The second-order valence-corrected chi connectivity index (χ2v) is 4.40. The number of fused-ring (bicyclic) bond motifs is 1. The van der Waals surface area contributed by atoms with Gasteiger partial charge in [-0.25, -0.2) is 9.78 Å². The monoisotopic (exact) mass is 263 g/mol. The van der Waals surface area contributed by atoms with Crippen LogP contribution in [-0.2, 0) is 4.79 Å². The lowest BCUT2D eigenvalue weighted by atomic mass is 10.1. The van der Waals surface area contributed by atoms with E-state index in [-0.39, 0.29) is 0 Å². The van der Waals surface area contributed by atoms with Crippen molar-refractivity contribution in [2.75, 3.05) is 5.32 Å². The van der Waals surface area contributed by atoms with Crippen molar-refractivity contribution in [2.45, 2.75) is 39.2 Å². The van der Waals surface area contributed by atoms with E-state index in [1.165, 1.54) is 4.63 Å². The lowest BCUT2D eigenvalue weighted by Gasteiger charge is -2.14. The van der Waals surface area contributed by atoms with Crippen LogP contribution in [0.2, 0.25) is 0 Å². The quantitative estimate of drug-likeness (QED) is 0.820.